The van der Waals surface area contributed by atoms with Crippen LogP contribution in [0.15, 0.2) is 65.8 Å². The Bertz CT molecular complexity index is 1250. The van der Waals surface area contributed by atoms with Gasteiger partial charge in [0, 0.05) is 5.56 Å². The lowest BCUT2D eigenvalue weighted by Gasteiger charge is -2.06. The molecule has 0 spiro atoms. The van der Waals surface area contributed by atoms with Crippen LogP contribution in [0.3, 0.4) is 0 Å². The van der Waals surface area contributed by atoms with Crippen molar-refractivity contribution in [2.75, 3.05) is 0 Å². The first kappa shape index (κ1) is 17.2. The maximum absolute atomic E-state index is 12.4. The number of aromatic amines is 1. The predicted octanol–water partition coefficient (Wildman–Crippen LogP) is 3.80. The van der Waals surface area contributed by atoms with Gasteiger partial charge < -0.3 is 5.11 Å². The van der Waals surface area contributed by atoms with Crippen molar-refractivity contribution in [2.45, 2.75) is 12.8 Å². The molecule has 5 rings (SSSR count). The summed E-state index contributed by atoms with van der Waals surface area (Å²) in [5.74, 6) is -0.191. The molecule has 1 aliphatic carbocycles. The minimum Gasteiger partial charge on any atom is -0.508 e. The van der Waals surface area contributed by atoms with Gasteiger partial charge in [0.2, 0.25) is 0 Å². The molecule has 1 aromatic heterocycles. The average Bonchev–Trinajstić information content (AvgIpc) is 3.39. The number of H-pyrrole nitrogens is 1. The van der Waals surface area contributed by atoms with E-state index in [1.54, 1.807) is 30.3 Å². The van der Waals surface area contributed by atoms with Crippen molar-refractivity contribution in [1.29, 1.82) is 0 Å². The zero-order chi connectivity index (χ0) is 19.8. The molecule has 1 amide bonds. The van der Waals surface area contributed by atoms with Crippen LogP contribution in [0.5, 0.6) is 5.75 Å². The second kappa shape index (κ2) is 6.91. The lowest BCUT2D eigenvalue weighted by Crippen LogP contribution is -2.17. The molecule has 3 N–H and O–H groups in total. The molecule has 1 heterocycles. The van der Waals surface area contributed by atoms with E-state index < -0.39 is 0 Å². The molecule has 6 heteroatoms. The Morgan fingerprint density at radius 3 is 2.69 bits per heavy atom. The minimum absolute atomic E-state index is 0.180. The summed E-state index contributed by atoms with van der Waals surface area (Å²) >= 11 is 0. The van der Waals surface area contributed by atoms with Gasteiger partial charge in [0.15, 0.2) is 0 Å². The highest BCUT2D eigenvalue weighted by atomic mass is 16.3. The SMILES string of the molecule is O=C(N/N=C\c1ccc(O)cc1)c1cc(-c2ccc3c4c(cccc24)CC3)n[nH]1. The Morgan fingerprint density at radius 2 is 1.86 bits per heavy atom. The Balaban J connectivity index is 1.38. The molecule has 0 unspecified atom stereocenters. The van der Waals surface area contributed by atoms with E-state index in [4.69, 9.17) is 0 Å². The normalized spacial score (nSPS) is 12.7. The number of aromatic nitrogens is 2. The van der Waals surface area contributed by atoms with Crippen LogP contribution < -0.4 is 5.43 Å². The molecule has 0 saturated carbocycles. The molecule has 4 aromatic rings. The highest BCUT2D eigenvalue weighted by Crippen LogP contribution is 2.36. The Kier molecular flexibility index (Phi) is 4.09. The number of hydrogen-bond acceptors (Lipinski definition) is 4. The second-order valence-corrected chi connectivity index (χ2v) is 7.07. The van der Waals surface area contributed by atoms with E-state index in [9.17, 15) is 9.90 Å². The van der Waals surface area contributed by atoms with E-state index in [0.29, 0.717) is 5.69 Å². The van der Waals surface area contributed by atoms with Crippen molar-refractivity contribution in [3.05, 3.63) is 83.0 Å². The fourth-order valence-corrected chi connectivity index (χ4v) is 3.83. The molecule has 142 valence electrons. The third-order valence-corrected chi connectivity index (χ3v) is 5.25. The van der Waals surface area contributed by atoms with Crippen LogP contribution in [0.25, 0.3) is 22.0 Å². The largest absolute Gasteiger partial charge is 0.508 e. The maximum Gasteiger partial charge on any atom is 0.289 e. The van der Waals surface area contributed by atoms with Crippen LogP contribution in [-0.2, 0) is 12.8 Å². The molecule has 6 nitrogen and oxygen atoms in total. The lowest BCUT2D eigenvalue weighted by atomic mass is 9.98. The number of phenolic OH excluding ortho intramolecular Hbond substituents is 1. The number of rotatable bonds is 4. The predicted molar refractivity (Wildman–Crippen MR) is 112 cm³/mol. The van der Waals surface area contributed by atoms with Gasteiger partial charge in [-0.25, -0.2) is 5.43 Å². The van der Waals surface area contributed by atoms with Crippen LogP contribution >= 0.6 is 0 Å². The molecule has 0 aliphatic heterocycles. The Morgan fingerprint density at radius 1 is 1.07 bits per heavy atom. The third kappa shape index (κ3) is 3.14. The van der Waals surface area contributed by atoms with Crippen LogP contribution in [0, 0.1) is 0 Å². The summed E-state index contributed by atoms with van der Waals surface area (Å²) in [7, 11) is 0. The van der Waals surface area contributed by atoms with Crippen molar-refractivity contribution in [3.8, 4) is 17.0 Å². The van der Waals surface area contributed by atoms with E-state index >= 15 is 0 Å². The number of hydrogen-bond donors (Lipinski definition) is 3. The highest BCUT2D eigenvalue weighted by molar-refractivity contribution is 6.02. The molecule has 1 aliphatic rings. The topological polar surface area (TPSA) is 90.4 Å². The van der Waals surface area contributed by atoms with Crippen LogP contribution in [0.2, 0.25) is 0 Å². The number of carbonyl (C=O) groups is 1. The Hall–Kier alpha value is -3.93. The van der Waals surface area contributed by atoms with Crippen LogP contribution in [0.1, 0.15) is 27.2 Å². The number of carbonyl (C=O) groups excluding carboxylic acids is 1. The van der Waals surface area contributed by atoms with Gasteiger partial charge in [-0.2, -0.15) is 10.2 Å². The first-order valence-corrected chi connectivity index (χ1v) is 9.41. The number of nitrogens with one attached hydrogen (secondary N) is 2. The summed E-state index contributed by atoms with van der Waals surface area (Å²) in [4.78, 5) is 12.4. The summed E-state index contributed by atoms with van der Waals surface area (Å²) in [6.07, 6.45) is 3.66. The van der Waals surface area contributed by atoms with Crippen LogP contribution in [0.4, 0.5) is 0 Å². The molecule has 29 heavy (non-hydrogen) atoms. The molecular weight excluding hydrogens is 364 g/mol. The zero-order valence-electron chi connectivity index (χ0n) is 15.5. The van der Waals surface area contributed by atoms with E-state index in [1.807, 2.05) is 0 Å². The number of amides is 1. The molecule has 0 atom stereocenters. The lowest BCUT2D eigenvalue weighted by molar-refractivity contribution is 0.0950. The monoisotopic (exact) mass is 382 g/mol. The molecule has 0 fully saturated rings. The average molecular weight is 382 g/mol. The van der Waals surface area contributed by atoms with Gasteiger partial charge in [-0.3, -0.25) is 9.89 Å². The molecule has 0 bridgehead atoms. The molecule has 0 saturated heterocycles. The van der Waals surface area contributed by atoms with Gasteiger partial charge >= 0.3 is 0 Å². The smallest absolute Gasteiger partial charge is 0.289 e. The molecule has 3 aromatic carbocycles. The first-order chi connectivity index (χ1) is 14.2. The summed E-state index contributed by atoms with van der Waals surface area (Å²) in [6.45, 7) is 0. The summed E-state index contributed by atoms with van der Waals surface area (Å²) in [5, 5.41) is 22.9. The van der Waals surface area contributed by atoms with E-state index in [2.05, 4.69) is 51.1 Å². The zero-order valence-corrected chi connectivity index (χ0v) is 15.5. The third-order valence-electron chi connectivity index (χ3n) is 5.25. The van der Waals surface area contributed by atoms with E-state index in [1.165, 1.54) is 28.1 Å². The quantitative estimate of drug-likeness (QED) is 0.370. The van der Waals surface area contributed by atoms with Crippen molar-refractivity contribution in [2.24, 2.45) is 5.10 Å². The number of aryl methyl sites for hydroxylation is 2. The number of nitrogens with zero attached hydrogens (tertiary/aromatic N) is 2. The molecule has 0 radical (unpaired) electrons. The number of benzene rings is 3. The first-order valence-electron chi connectivity index (χ1n) is 9.41. The van der Waals surface area contributed by atoms with Gasteiger partial charge in [0.05, 0.1) is 11.9 Å². The van der Waals surface area contributed by atoms with E-state index in [-0.39, 0.29) is 11.7 Å². The maximum atomic E-state index is 12.4. The van der Waals surface area contributed by atoms with E-state index in [0.717, 1.165) is 29.7 Å². The molecular formula is C23H18N4O2. The number of hydrazone groups is 1. The van der Waals surface area contributed by atoms with Gasteiger partial charge in [-0.05, 0) is 70.6 Å². The fraction of sp³-hybridized carbons (Fsp3) is 0.0870. The van der Waals surface area contributed by atoms with Crippen molar-refractivity contribution in [1.82, 2.24) is 15.6 Å². The second-order valence-electron chi connectivity index (χ2n) is 7.07. The Labute approximate surface area is 166 Å². The summed E-state index contributed by atoms with van der Waals surface area (Å²) in [6, 6.07) is 18.9. The van der Waals surface area contributed by atoms with Crippen LogP contribution in [-0.4, -0.2) is 27.4 Å². The highest BCUT2D eigenvalue weighted by Gasteiger charge is 2.18. The number of aromatic hydroxyl groups is 1. The van der Waals surface area contributed by atoms with Gasteiger partial charge in [-0.1, -0.05) is 30.3 Å². The van der Waals surface area contributed by atoms with Crippen molar-refractivity contribution < 1.29 is 9.90 Å². The van der Waals surface area contributed by atoms with Crippen molar-refractivity contribution >= 4 is 22.9 Å². The number of phenols is 1. The fourth-order valence-electron chi connectivity index (χ4n) is 3.83. The van der Waals surface area contributed by atoms with Gasteiger partial charge in [-0.15, -0.1) is 0 Å². The summed E-state index contributed by atoms with van der Waals surface area (Å²) in [5.41, 5.74) is 8.08. The van der Waals surface area contributed by atoms with Crippen molar-refractivity contribution in [3.63, 3.8) is 0 Å². The standard InChI is InChI=1S/C23H18N4O2/c28-17-9-4-14(5-10-17)13-24-27-23(29)21-12-20(25-26-21)18-11-8-16-7-6-15-2-1-3-19(18)22(15)16/h1-5,8-13,28H,6-7H2,(H,25,26)(H,27,29)/b24-13-. The summed E-state index contributed by atoms with van der Waals surface area (Å²) < 4.78 is 0. The minimum atomic E-state index is -0.371. The van der Waals surface area contributed by atoms with Gasteiger partial charge in [0.1, 0.15) is 11.4 Å². The van der Waals surface area contributed by atoms with Gasteiger partial charge in [0.25, 0.3) is 5.91 Å².